The number of hydrogen-bond acceptors (Lipinski definition) is 3. The van der Waals surface area contributed by atoms with Crippen molar-refractivity contribution in [3.05, 3.63) is 29.3 Å². The number of piperidine rings is 1. The summed E-state index contributed by atoms with van der Waals surface area (Å²) >= 11 is 0. The van der Waals surface area contributed by atoms with Gasteiger partial charge in [-0.2, -0.15) is 4.31 Å². The molecule has 0 saturated carbocycles. The number of aliphatic hydroxyl groups excluding tert-OH is 1. The Hall–Kier alpha value is -0.910. The van der Waals surface area contributed by atoms with Gasteiger partial charge in [0.2, 0.25) is 10.0 Å². The molecule has 0 aromatic heterocycles. The van der Waals surface area contributed by atoms with Gasteiger partial charge in [-0.25, -0.2) is 8.42 Å². The average molecular weight is 297 g/mol. The number of hydrogen-bond donors (Lipinski definition) is 1. The van der Waals surface area contributed by atoms with Crippen LogP contribution in [0, 0.1) is 12.8 Å². The molecule has 1 saturated heterocycles. The van der Waals surface area contributed by atoms with Crippen molar-refractivity contribution in [3.8, 4) is 0 Å². The van der Waals surface area contributed by atoms with Crippen LogP contribution in [0.3, 0.4) is 0 Å². The summed E-state index contributed by atoms with van der Waals surface area (Å²) in [6.07, 6.45) is 1.98. The summed E-state index contributed by atoms with van der Waals surface area (Å²) in [5.41, 5.74) is 1.58. The first-order valence-corrected chi connectivity index (χ1v) is 8.54. The third-order valence-corrected chi connectivity index (χ3v) is 6.40. The van der Waals surface area contributed by atoms with Crippen LogP contribution in [0.4, 0.5) is 0 Å². The van der Waals surface area contributed by atoms with Gasteiger partial charge in [0, 0.05) is 12.6 Å². The maximum absolute atomic E-state index is 12.8. The SMILES string of the molecule is Cc1ccc(S(=O)(=O)N2CCCC(C)C2C)cc1CO. The van der Waals surface area contributed by atoms with Gasteiger partial charge in [0.15, 0.2) is 0 Å². The highest BCUT2D eigenvalue weighted by molar-refractivity contribution is 7.89. The van der Waals surface area contributed by atoms with Crippen molar-refractivity contribution in [2.45, 2.75) is 51.2 Å². The predicted molar refractivity (Wildman–Crippen MR) is 78.9 cm³/mol. The Morgan fingerprint density at radius 2 is 2.05 bits per heavy atom. The Balaban J connectivity index is 2.39. The smallest absolute Gasteiger partial charge is 0.243 e. The fraction of sp³-hybridized carbons (Fsp3) is 0.600. The molecule has 1 fully saturated rings. The molecule has 20 heavy (non-hydrogen) atoms. The molecule has 2 atom stereocenters. The van der Waals surface area contributed by atoms with Crippen LogP contribution < -0.4 is 0 Å². The second kappa shape index (κ2) is 5.84. The van der Waals surface area contributed by atoms with Crippen LogP contribution in [0.15, 0.2) is 23.1 Å². The lowest BCUT2D eigenvalue weighted by Gasteiger charge is -2.36. The topological polar surface area (TPSA) is 57.6 Å². The van der Waals surface area contributed by atoms with E-state index >= 15 is 0 Å². The number of aryl methyl sites for hydroxylation is 1. The van der Waals surface area contributed by atoms with Crippen molar-refractivity contribution in [1.82, 2.24) is 4.31 Å². The van der Waals surface area contributed by atoms with Crippen LogP contribution in [0.2, 0.25) is 0 Å². The van der Waals surface area contributed by atoms with Crippen LogP contribution in [0.25, 0.3) is 0 Å². The highest BCUT2D eigenvalue weighted by Gasteiger charge is 2.34. The van der Waals surface area contributed by atoms with Gasteiger partial charge in [0.25, 0.3) is 0 Å². The summed E-state index contributed by atoms with van der Waals surface area (Å²) in [6.45, 7) is 6.38. The summed E-state index contributed by atoms with van der Waals surface area (Å²) in [5.74, 6) is 0.376. The van der Waals surface area contributed by atoms with Gasteiger partial charge in [0.05, 0.1) is 11.5 Å². The van der Waals surface area contributed by atoms with E-state index in [0.29, 0.717) is 18.0 Å². The molecule has 0 aliphatic carbocycles. The Morgan fingerprint density at radius 3 is 2.70 bits per heavy atom. The largest absolute Gasteiger partial charge is 0.392 e. The van der Waals surface area contributed by atoms with Crippen LogP contribution in [0.1, 0.15) is 37.8 Å². The molecular formula is C15H23NO3S. The van der Waals surface area contributed by atoms with E-state index in [1.165, 1.54) is 0 Å². The third kappa shape index (κ3) is 2.75. The number of rotatable bonds is 3. The van der Waals surface area contributed by atoms with Gasteiger partial charge in [-0.05, 0) is 55.9 Å². The summed E-state index contributed by atoms with van der Waals surface area (Å²) in [5, 5.41) is 9.30. The fourth-order valence-electron chi connectivity index (χ4n) is 2.75. The van der Waals surface area contributed by atoms with Crippen molar-refractivity contribution in [2.24, 2.45) is 5.92 Å². The Kier molecular flexibility index (Phi) is 4.52. The van der Waals surface area contributed by atoms with Crippen LogP contribution in [-0.4, -0.2) is 30.4 Å². The molecule has 1 aromatic rings. The summed E-state index contributed by atoms with van der Waals surface area (Å²) < 4.78 is 27.1. The van der Waals surface area contributed by atoms with Crippen LogP contribution in [-0.2, 0) is 16.6 Å². The van der Waals surface area contributed by atoms with E-state index in [-0.39, 0.29) is 17.5 Å². The van der Waals surface area contributed by atoms with Gasteiger partial charge in [-0.3, -0.25) is 0 Å². The quantitative estimate of drug-likeness (QED) is 0.931. The van der Waals surface area contributed by atoms with Crippen molar-refractivity contribution in [1.29, 1.82) is 0 Å². The molecule has 0 amide bonds. The second-order valence-corrected chi connectivity index (χ2v) is 7.61. The molecule has 1 aliphatic heterocycles. The van der Waals surface area contributed by atoms with E-state index in [2.05, 4.69) is 6.92 Å². The monoisotopic (exact) mass is 297 g/mol. The van der Waals surface area contributed by atoms with E-state index in [1.54, 1.807) is 22.5 Å². The zero-order valence-corrected chi connectivity index (χ0v) is 13.2. The molecule has 1 aromatic carbocycles. The standard InChI is InChI=1S/C15H23NO3S/c1-11-5-4-8-16(13(11)3)20(18,19)15-7-6-12(2)14(9-15)10-17/h6-7,9,11,13,17H,4-5,8,10H2,1-3H3. The Bertz CT molecular complexity index is 583. The molecule has 0 radical (unpaired) electrons. The van der Waals surface area contributed by atoms with Crippen molar-refractivity contribution in [2.75, 3.05) is 6.54 Å². The lowest BCUT2D eigenvalue weighted by molar-refractivity contribution is 0.202. The third-order valence-electron chi connectivity index (χ3n) is 4.41. The number of nitrogens with zero attached hydrogens (tertiary/aromatic N) is 1. The molecule has 2 rings (SSSR count). The fourth-order valence-corrected chi connectivity index (χ4v) is 4.57. The summed E-state index contributed by atoms with van der Waals surface area (Å²) in [4.78, 5) is 0.285. The zero-order valence-electron chi connectivity index (χ0n) is 12.3. The maximum Gasteiger partial charge on any atom is 0.243 e. The molecule has 1 aliphatic rings. The minimum atomic E-state index is -3.47. The van der Waals surface area contributed by atoms with Gasteiger partial charge in [-0.15, -0.1) is 0 Å². The molecule has 0 spiro atoms. The highest BCUT2D eigenvalue weighted by atomic mass is 32.2. The first kappa shape index (κ1) is 15.5. The van der Waals surface area contributed by atoms with Crippen LogP contribution in [0.5, 0.6) is 0 Å². The number of benzene rings is 1. The summed E-state index contributed by atoms with van der Waals surface area (Å²) in [6, 6.07) is 5.01. The van der Waals surface area contributed by atoms with Gasteiger partial charge in [0.1, 0.15) is 0 Å². The molecule has 4 nitrogen and oxygen atoms in total. The average Bonchev–Trinajstić information content (AvgIpc) is 2.42. The van der Waals surface area contributed by atoms with E-state index < -0.39 is 10.0 Å². The summed E-state index contributed by atoms with van der Waals surface area (Å²) in [7, 11) is -3.47. The van der Waals surface area contributed by atoms with E-state index in [4.69, 9.17) is 0 Å². The number of aliphatic hydroxyl groups is 1. The first-order valence-electron chi connectivity index (χ1n) is 7.10. The zero-order chi connectivity index (χ0) is 14.9. The first-order chi connectivity index (χ1) is 9.37. The van der Waals surface area contributed by atoms with Crippen molar-refractivity contribution >= 4 is 10.0 Å². The number of sulfonamides is 1. The second-order valence-electron chi connectivity index (χ2n) is 5.72. The molecule has 2 unspecified atom stereocenters. The lowest BCUT2D eigenvalue weighted by atomic mass is 9.94. The maximum atomic E-state index is 12.8. The normalized spacial score (nSPS) is 24.8. The van der Waals surface area contributed by atoms with Crippen molar-refractivity contribution in [3.63, 3.8) is 0 Å². The van der Waals surface area contributed by atoms with Gasteiger partial charge >= 0.3 is 0 Å². The van der Waals surface area contributed by atoms with E-state index in [0.717, 1.165) is 18.4 Å². The molecule has 5 heteroatoms. The minimum absolute atomic E-state index is 0.0210. The molecule has 1 N–H and O–H groups in total. The Labute approximate surface area is 121 Å². The lowest BCUT2D eigenvalue weighted by Crippen LogP contribution is -2.45. The molecule has 0 bridgehead atoms. The van der Waals surface area contributed by atoms with Crippen molar-refractivity contribution < 1.29 is 13.5 Å². The minimum Gasteiger partial charge on any atom is -0.392 e. The molecule has 112 valence electrons. The van der Waals surface area contributed by atoms with E-state index in [1.807, 2.05) is 13.8 Å². The highest BCUT2D eigenvalue weighted by Crippen LogP contribution is 2.29. The van der Waals surface area contributed by atoms with E-state index in [9.17, 15) is 13.5 Å². The van der Waals surface area contributed by atoms with Gasteiger partial charge in [-0.1, -0.05) is 13.0 Å². The Morgan fingerprint density at radius 1 is 1.35 bits per heavy atom. The van der Waals surface area contributed by atoms with Gasteiger partial charge < -0.3 is 5.11 Å². The molecule has 1 heterocycles. The molecular weight excluding hydrogens is 274 g/mol. The predicted octanol–water partition coefficient (Wildman–Crippen LogP) is 2.30. The van der Waals surface area contributed by atoms with Crippen LogP contribution >= 0.6 is 0 Å².